The van der Waals surface area contributed by atoms with Gasteiger partial charge in [-0.1, -0.05) is 12.1 Å². The van der Waals surface area contributed by atoms with Crippen LogP contribution in [0, 0.1) is 6.92 Å². The predicted molar refractivity (Wildman–Crippen MR) is 85.5 cm³/mol. The molecule has 9 heteroatoms. The van der Waals surface area contributed by atoms with Crippen LogP contribution in [-0.4, -0.2) is 50.6 Å². The Hall–Kier alpha value is -2.42. The fourth-order valence-corrected chi connectivity index (χ4v) is 2.87. The molecule has 0 bridgehead atoms. The van der Waals surface area contributed by atoms with Crippen molar-refractivity contribution in [2.24, 2.45) is 7.05 Å². The quantitative estimate of drug-likeness (QED) is 0.913. The minimum atomic E-state index is -0.296. The van der Waals surface area contributed by atoms with Gasteiger partial charge >= 0.3 is 6.03 Å². The molecule has 2 amide bonds. The van der Waals surface area contributed by atoms with Gasteiger partial charge in [0, 0.05) is 33.2 Å². The van der Waals surface area contributed by atoms with Gasteiger partial charge in [-0.05, 0) is 13.3 Å². The van der Waals surface area contributed by atoms with Crippen molar-refractivity contribution in [3.8, 4) is 0 Å². The van der Waals surface area contributed by atoms with E-state index in [0.717, 1.165) is 12.1 Å². The molecular weight excluding hydrogens is 312 g/mol. The number of nitrogens with one attached hydrogen (secondary N) is 1. The molecule has 1 aliphatic rings. The van der Waals surface area contributed by atoms with Crippen molar-refractivity contribution in [3.63, 3.8) is 0 Å². The van der Waals surface area contributed by atoms with E-state index in [-0.39, 0.29) is 18.2 Å². The van der Waals surface area contributed by atoms with Gasteiger partial charge < -0.3 is 14.2 Å². The number of urea groups is 1. The van der Waals surface area contributed by atoms with Crippen LogP contribution in [0.1, 0.15) is 36.8 Å². The lowest BCUT2D eigenvalue weighted by Gasteiger charge is -2.22. The fraction of sp³-hybridized carbons (Fsp3) is 0.600. The molecule has 1 saturated heterocycles. The van der Waals surface area contributed by atoms with Crippen LogP contribution in [0.5, 0.6) is 0 Å². The standard InChI is InChI=1S/C15H22N6O3/c1-5-10-6-13(20(3)18-10)17-15(22)21-8-11(23-4)7-12(21)14-16-9(2)19-24-14/h6,11-12H,5,7-8H2,1-4H3,(H,17,22)/t11-,12-/m1/s1. The second kappa shape index (κ2) is 6.60. The van der Waals surface area contributed by atoms with Crippen molar-refractivity contribution in [2.75, 3.05) is 19.0 Å². The van der Waals surface area contributed by atoms with Gasteiger partial charge in [-0.2, -0.15) is 10.1 Å². The third-order valence-electron chi connectivity index (χ3n) is 4.21. The van der Waals surface area contributed by atoms with Gasteiger partial charge in [-0.25, -0.2) is 4.79 Å². The SMILES string of the molecule is CCc1cc(NC(=O)N2C[C@H](OC)C[C@@H]2c2nc(C)no2)n(C)n1. The van der Waals surface area contributed by atoms with Gasteiger partial charge in [0.05, 0.1) is 11.8 Å². The average Bonchev–Trinajstić information content (AvgIpc) is 3.26. The summed E-state index contributed by atoms with van der Waals surface area (Å²) in [5.41, 5.74) is 0.924. The Labute approximate surface area is 140 Å². The number of carbonyl (C=O) groups excluding carboxylic acids is 1. The molecule has 1 aliphatic heterocycles. The Morgan fingerprint density at radius 1 is 1.54 bits per heavy atom. The van der Waals surface area contributed by atoms with Gasteiger partial charge in [0.2, 0.25) is 5.89 Å². The average molecular weight is 334 g/mol. The van der Waals surface area contributed by atoms with Gasteiger partial charge in [0.1, 0.15) is 11.9 Å². The number of anilines is 1. The van der Waals surface area contributed by atoms with Crippen LogP contribution in [0.3, 0.4) is 0 Å². The van der Waals surface area contributed by atoms with Crippen molar-refractivity contribution in [2.45, 2.75) is 38.8 Å². The lowest BCUT2D eigenvalue weighted by Crippen LogP contribution is -2.36. The molecule has 0 radical (unpaired) electrons. The molecule has 1 N–H and O–H groups in total. The molecule has 0 aliphatic carbocycles. The molecule has 2 aromatic rings. The molecule has 2 aromatic heterocycles. The second-order valence-electron chi connectivity index (χ2n) is 5.87. The van der Waals surface area contributed by atoms with Gasteiger partial charge in [-0.3, -0.25) is 10.00 Å². The van der Waals surface area contributed by atoms with E-state index in [4.69, 9.17) is 9.26 Å². The van der Waals surface area contributed by atoms with E-state index in [1.54, 1.807) is 30.7 Å². The molecule has 130 valence electrons. The number of aromatic nitrogens is 4. The van der Waals surface area contributed by atoms with E-state index >= 15 is 0 Å². The number of nitrogens with zero attached hydrogens (tertiary/aromatic N) is 5. The molecule has 0 aromatic carbocycles. The lowest BCUT2D eigenvalue weighted by atomic mass is 10.2. The van der Waals surface area contributed by atoms with E-state index in [9.17, 15) is 4.79 Å². The summed E-state index contributed by atoms with van der Waals surface area (Å²) in [4.78, 5) is 18.7. The van der Waals surface area contributed by atoms with E-state index in [1.807, 2.05) is 13.0 Å². The summed E-state index contributed by atoms with van der Waals surface area (Å²) < 4.78 is 12.3. The molecule has 3 heterocycles. The first-order chi connectivity index (χ1) is 11.5. The van der Waals surface area contributed by atoms with Crippen molar-refractivity contribution in [1.82, 2.24) is 24.8 Å². The Morgan fingerprint density at radius 3 is 2.92 bits per heavy atom. The monoisotopic (exact) mass is 334 g/mol. The number of methoxy groups -OCH3 is 1. The van der Waals surface area contributed by atoms with Gasteiger partial charge in [0.15, 0.2) is 5.82 Å². The van der Waals surface area contributed by atoms with Crippen molar-refractivity contribution < 1.29 is 14.1 Å². The zero-order valence-electron chi connectivity index (χ0n) is 14.3. The lowest BCUT2D eigenvalue weighted by molar-refractivity contribution is 0.111. The number of hydrogen-bond donors (Lipinski definition) is 1. The van der Waals surface area contributed by atoms with Crippen LogP contribution in [0.4, 0.5) is 10.6 Å². The van der Waals surface area contributed by atoms with Crippen molar-refractivity contribution in [3.05, 3.63) is 23.5 Å². The highest BCUT2D eigenvalue weighted by Gasteiger charge is 2.39. The van der Waals surface area contributed by atoms with Crippen molar-refractivity contribution in [1.29, 1.82) is 0 Å². The van der Waals surface area contributed by atoms with E-state index in [2.05, 4.69) is 20.6 Å². The minimum Gasteiger partial charge on any atom is -0.380 e. The zero-order chi connectivity index (χ0) is 17.3. The molecule has 9 nitrogen and oxygen atoms in total. The highest BCUT2D eigenvalue weighted by molar-refractivity contribution is 5.89. The summed E-state index contributed by atoms with van der Waals surface area (Å²) in [7, 11) is 3.44. The van der Waals surface area contributed by atoms with Gasteiger partial charge in [0.25, 0.3) is 0 Å². The summed E-state index contributed by atoms with van der Waals surface area (Å²) in [6, 6.07) is 1.34. The van der Waals surface area contributed by atoms with E-state index in [0.29, 0.717) is 30.5 Å². The predicted octanol–water partition coefficient (Wildman–Crippen LogP) is 1.67. The minimum absolute atomic E-state index is 0.0642. The smallest absolute Gasteiger partial charge is 0.323 e. The first-order valence-electron chi connectivity index (χ1n) is 7.95. The third kappa shape index (κ3) is 3.12. The third-order valence-corrected chi connectivity index (χ3v) is 4.21. The van der Waals surface area contributed by atoms with Crippen molar-refractivity contribution >= 4 is 11.8 Å². The topological polar surface area (TPSA) is 98.3 Å². The number of carbonyl (C=O) groups is 1. The highest BCUT2D eigenvalue weighted by Crippen LogP contribution is 2.33. The molecular formula is C15H22N6O3. The molecule has 0 unspecified atom stereocenters. The van der Waals surface area contributed by atoms with Crippen LogP contribution in [0.2, 0.25) is 0 Å². The van der Waals surface area contributed by atoms with Crippen LogP contribution in [-0.2, 0) is 18.2 Å². The summed E-state index contributed by atoms with van der Waals surface area (Å²) in [5.74, 6) is 1.63. The Kier molecular flexibility index (Phi) is 4.52. The van der Waals surface area contributed by atoms with Crippen LogP contribution in [0.15, 0.2) is 10.6 Å². The number of hydrogen-bond acceptors (Lipinski definition) is 6. The number of ether oxygens (including phenoxy) is 1. The summed E-state index contributed by atoms with van der Waals surface area (Å²) in [6.45, 7) is 4.24. The Morgan fingerprint density at radius 2 is 2.33 bits per heavy atom. The molecule has 0 saturated carbocycles. The maximum atomic E-state index is 12.7. The Balaban J connectivity index is 1.79. The summed E-state index contributed by atoms with van der Waals surface area (Å²) >= 11 is 0. The molecule has 1 fully saturated rings. The van der Waals surface area contributed by atoms with Gasteiger partial charge in [-0.15, -0.1) is 0 Å². The number of amides is 2. The normalized spacial score (nSPS) is 20.6. The molecule has 24 heavy (non-hydrogen) atoms. The number of likely N-dealkylation sites (tertiary alicyclic amines) is 1. The zero-order valence-corrected chi connectivity index (χ0v) is 14.3. The van der Waals surface area contributed by atoms with E-state index < -0.39 is 0 Å². The molecule has 0 spiro atoms. The first kappa shape index (κ1) is 16.4. The first-order valence-corrected chi connectivity index (χ1v) is 7.95. The van der Waals surface area contributed by atoms with Crippen LogP contribution >= 0.6 is 0 Å². The number of rotatable bonds is 4. The second-order valence-corrected chi connectivity index (χ2v) is 5.87. The van der Waals surface area contributed by atoms with E-state index in [1.165, 1.54) is 0 Å². The highest BCUT2D eigenvalue weighted by atomic mass is 16.5. The summed E-state index contributed by atoms with van der Waals surface area (Å²) in [5, 5.41) is 11.1. The summed E-state index contributed by atoms with van der Waals surface area (Å²) in [6.07, 6.45) is 1.37. The largest absolute Gasteiger partial charge is 0.380 e. The number of aryl methyl sites for hydroxylation is 3. The maximum absolute atomic E-state index is 12.7. The van der Waals surface area contributed by atoms with Crippen LogP contribution in [0.25, 0.3) is 0 Å². The Bertz CT molecular complexity index is 725. The van der Waals surface area contributed by atoms with Crippen LogP contribution < -0.4 is 5.32 Å². The maximum Gasteiger partial charge on any atom is 0.323 e. The molecule has 2 atom stereocenters. The fourth-order valence-electron chi connectivity index (χ4n) is 2.87. The molecule has 3 rings (SSSR count).